The van der Waals surface area contributed by atoms with E-state index in [0.717, 1.165) is 6.42 Å². The fourth-order valence-electron chi connectivity index (χ4n) is 1.65. The second-order valence-electron chi connectivity index (χ2n) is 4.27. The van der Waals surface area contributed by atoms with Gasteiger partial charge in [-0.3, -0.25) is 10.1 Å². The van der Waals surface area contributed by atoms with E-state index in [9.17, 15) is 22.9 Å². The van der Waals surface area contributed by atoms with Gasteiger partial charge in [-0.2, -0.15) is 0 Å². The zero-order valence-electron chi connectivity index (χ0n) is 11.0. The van der Waals surface area contributed by atoms with Gasteiger partial charge < -0.3 is 4.74 Å². The van der Waals surface area contributed by atoms with Gasteiger partial charge in [-0.1, -0.05) is 13.3 Å². The molecule has 0 spiro atoms. The Kier molecular flexibility index (Phi) is 5.01. The molecule has 0 fully saturated rings. The number of sulfonamides is 1. The lowest BCUT2D eigenvalue weighted by molar-refractivity contribution is -0.385. The quantitative estimate of drug-likeness (QED) is 0.637. The molecular weight excluding hydrogens is 291 g/mol. The Hall–Kier alpha value is -1.74. The molecule has 0 radical (unpaired) electrons. The predicted octanol–water partition coefficient (Wildman–Crippen LogP) is 1.95. The van der Waals surface area contributed by atoms with Crippen molar-refractivity contribution >= 4 is 15.7 Å². The summed E-state index contributed by atoms with van der Waals surface area (Å²) < 4.78 is 41.9. The van der Waals surface area contributed by atoms with Crippen LogP contribution in [0.1, 0.15) is 26.7 Å². The molecule has 1 aromatic rings. The Morgan fingerprint density at radius 2 is 2.10 bits per heavy atom. The van der Waals surface area contributed by atoms with Crippen molar-refractivity contribution in [2.45, 2.75) is 37.7 Å². The highest BCUT2D eigenvalue weighted by atomic mass is 32.2. The third kappa shape index (κ3) is 3.87. The van der Waals surface area contributed by atoms with Crippen LogP contribution in [0.25, 0.3) is 0 Å². The summed E-state index contributed by atoms with van der Waals surface area (Å²) in [6.07, 6.45) is 0.873. The number of hydrogen-bond donors (Lipinski definition) is 1. The molecule has 1 aromatic carbocycles. The van der Waals surface area contributed by atoms with E-state index in [0.29, 0.717) is 18.6 Å². The molecule has 1 atom stereocenters. The summed E-state index contributed by atoms with van der Waals surface area (Å²) in [5, 5.41) is 15.6. The minimum atomic E-state index is -4.34. The van der Waals surface area contributed by atoms with Crippen molar-refractivity contribution in [3.63, 3.8) is 0 Å². The number of rotatable bonds is 6. The zero-order chi connectivity index (χ0) is 15.5. The second kappa shape index (κ2) is 6.14. The van der Waals surface area contributed by atoms with Crippen molar-refractivity contribution < 1.29 is 22.5 Å². The fourth-order valence-corrected chi connectivity index (χ4v) is 2.34. The van der Waals surface area contributed by atoms with Gasteiger partial charge in [0.2, 0.25) is 10.0 Å². The third-order valence-corrected chi connectivity index (χ3v) is 3.44. The van der Waals surface area contributed by atoms with Crippen LogP contribution in [0.3, 0.4) is 0 Å². The first-order valence-corrected chi connectivity index (χ1v) is 7.38. The molecule has 0 bridgehead atoms. The Bertz CT molecular complexity index is 617. The van der Waals surface area contributed by atoms with Gasteiger partial charge in [0.05, 0.1) is 17.1 Å². The first-order valence-electron chi connectivity index (χ1n) is 5.84. The van der Waals surface area contributed by atoms with Crippen molar-refractivity contribution in [1.29, 1.82) is 0 Å². The zero-order valence-corrected chi connectivity index (χ0v) is 11.8. The average Bonchev–Trinajstić information content (AvgIpc) is 2.29. The average molecular weight is 306 g/mol. The van der Waals surface area contributed by atoms with E-state index in [1.54, 1.807) is 6.92 Å². The highest BCUT2D eigenvalue weighted by Crippen LogP contribution is 2.32. The molecule has 0 aromatic heterocycles. The molecule has 0 aliphatic carbocycles. The minimum absolute atomic E-state index is 0.448. The molecular formula is C11H15FN2O5S. The number of ether oxygens (including phenoxy) is 1. The maximum Gasteiger partial charge on any atom is 0.274 e. The minimum Gasteiger partial charge on any atom is -0.486 e. The molecule has 0 saturated heterocycles. The second-order valence-corrected chi connectivity index (χ2v) is 5.80. The first-order chi connectivity index (χ1) is 9.16. The number of non-ortho nitro benzene ring substituents is 1. The van der Waals surface area contributed by atoms with E-state index in [1.165, 1.54) is 0 Å². The maximum atomic E-state index is 13.9. The molecule has 112 valence electrons. The summed E-state index contributed by atoms with van der Waals surface area (Å²) >= 11 is 0. The molecule has 0 saturated carbocycles. The summed E-state index contributed by atoms with van der Waals surface area (Å²) in [5.41, 5.74) is -0.706. The molecule has 1 unspecified atom stereocenters. The molecule has 2 N–H and O–H groups in total. The predicted molar refractivity (Wildman–Crippen MR) is 69.4 cm³/mol. The molecule has 20 heavy (non-hydrogen) atoms. The molecule has 0 amide bonds. The van der Waals surface area contributed by atoms with Crippen LogP contribution in [-0.4, -0.2) is 19.4 Å². The first kappa shape index (κ1) is 16.3. The molecule has 7 nitrogen and oxygen atoms in total. The van der Waals surface area contributed by atoms with Crippen LogP contribution < -0.4 is 9.88 Å². The van der Waals surface area contributed by atoms with Gasteiger partial charge in [-0.15, -0.1) is 0 Å². The number of nitro groups is 1. The number of hydrogen-bond acceptors (Lipinski definition) is 5. The molecule has 0 aliphatic heterocycles. The van der Waals surface area contributed by atoms with E-state index in [4.69, 9.17) is 9.88 Å². The third-order valence-electron chi connectivity index (χ3n) is 2.53. The Labute approximate surface area is 115 Å². The van der Waals surface area contributed by atoms with Crippen LogP contribution in [0, 0.1) is 15.9 Å². The van der Waals surface area contributed by atoms with Crippen molar-refractivity contribution in [3.05, 3.63) is 28.1 Å². The van der Waals surface area contributed by atoms with Crippen LogP contribution >= 0.6 is 0 Å². The van der Waals surface area contributed by atoms with Crippen LogP contribution in [0.15, 0.2) is 17.0 Å². The summed E-state index contributed by atoms with van der Waals surface area (Å²) in [6, 6.07) is 1.29. The smallest absolute Gasteiger partial charge is 0.274 e. The normalized spacial score (nSPS) is 13.0. The number of benzene rings is 1. The Morgan fingerprint density at radius 3 is 2.55 bits per heavy atom. The van der Waals surface area contributed by atoms with Gasteiger partial charge in [0, 0.05) is 6.07 Å². The lowest BCUT2D eigenvalue weighted by atomic mass is 10.2. The van der Waals surface area contributed by atoms with Crippen molar-refractivity contribution in [1.82, 2.24) is 0 Å². The van der Waals surface area contributed by atoms with Crippen LogP contribution in [0.4, 0.5) is 10.1 Å². The van der Waals surface area contributed by atoms with Gasteiger partial charge in [0.1, 0.15) is 4.90 Å². The van der Waals surface area contributed by atoms with Crippen LogP contribution in [-0.2, 0) is 10.0 Å². The maximum absolute atomic E-state index is 13.9. The SMILES string of the molecule is CCCC(C)Oc1c(F)cc([N+](=O)[O-])cc1S(N)(=O)=O. The van der Waals surface area contributed by atoms with Crippen molar-refractivity contribution in [2.24, 2.45) is 5.14 Å². The highest BCUT2D eigenvalue weighted by Gasteiger charge is 2.25. The van der Waals surface area contributed by atoms with Gasteiger partial charge >= 0.3 is 0 Å². The van der Waals surface area contributed by atoms with Crippen molar-refractivity contribution in [2.75, 3.05) is 0 Å². The van der Waals surface area contributed by atoms with Crippen LogP contribution in [0.5, 0.6) is 5.75 Å². The highest BCUT2D eigenvalue weighted by molar-refractivity contribution is 7.89. The largest absolute Gasteiger partial charge is 0.486 e. The molecule has 1 rings (SSSR count). The number of primary sulfonamides is 1. The van der Waals surface area contributed by atoms with E-state index in [2.05, 4.69) is 0 Å². The monoisotopic (exact) mass is 306 g/mol. The topological polar surface area (TPSA) is 113 Å². The number of nitrogens with two attached hydrogens (primary N) is 1. The van der Waals surface area contributed by atoms with Gasteiger partial charge in [0.25, 0.3) is 5.69 Å². The number of halogens is 1. The summed E-state index contributed by atoms with van der Waals surface area (Å²) in [4.78, 5) is 9.00. The molecule has 0 aliphatic rings. The molecule has 9 heteroatoms. The van der Waals surface area contributed by atoms with Gasteiger partial charge in [-0.25, -0.2) is 17.9 Å². The summed E-state index contributed by atoms with van der Waals surface area (Å²) in [7, 11) is -4.34. The Balaban J connectivity index is 3.39. The lowest BCUT2D eigenvalue weighted by Gasteiger charge is -2.16. The summed E-state index contributed by atoms with van der Waals surface area (Å²) in [5.74, 6) is -1.72. The fraction of sp³-hybridized carbons (Fsp3) is 0.455. The van der Waals surface area contributed by atoms with E-state index < -0.39 is 43.2 Å². The Morgan fingerprint density at radius 1 is 1.50 bits per heavy atom. The lowest BCUT2D eigenvalue weighted by Crippen LogP contribution is -2.19. The van der Waals surface area contributed by atoms with Gasteiger partial charge in [-0.05, 0) is 13.3 Å². The van der Waals surface area contributed by atoms with E-state index in [-0.39, 0.29) is 0 Å². The summed E-state index contributed by atoms with van der Waals surface area (Å²) in [6.45, 7) is 3.52. The van der Waals surface area contributed by atoms with E-state index >= 15 is 0 Å². The number of nitrogens with zero attached hydrogens (tertiary/aromatic N) is 1. The number of nitro benzene ring substituents is 1. The van der Waals surface area contributed by atoms with Crippen LogP contribution in [0.2, 0.25) is 0 Å². The van der Waals surface area contributed by atoms with Crippen molar-refractivity contribution in [3.8, 4) is 5.75 Å². The van der Waals surface area contributed by atoms with E-state index in [1.807, 2.05) is 6.92 Å². The molecule has 0 heterocycles. The van der Waals surface area contributed by atoms with Gasteiger partial charge in [0.15, 0.2) is 11.6 Å². The standard InChI is InChI=1S/C11H15FN2O5S/c1-3-4-7(2)19-11-9(12)5-8(14(15)16)6-10(11)20(13,17)18/h5-7H,3-4H2,1-2H3,(H2,13,17,18).